The van der Waals surface area contributed by atoms with Gasteiger partial charge < -0.3 is 11.1 Å². The van der Waals surface area contributed by atoms with Crippen molar-refractivity contribution in [2.75, 3.05) is 6.54 Å². The Balaban J connectivity index is 3.75. The quantitative estimate of drug-likeness (QED) is 0.529. The molecule has 1 unspecified atom stereocenters. The summed E-state index contributed by atoms with van der Waals surface area (Å²) < 4.78 is 0. The van der Waals surface area contributed by atoms with E-state index in [9.17, 15) is 0 Å². The highest BCUT2D eigenvalue weighted by Crippen LogP contribution is 1.96. The summed E-state index contributed by atoms with van der Waals surface area (Å²) in [5.74, 6) is 0. The molecule has 0 aliphatic carbocycles. The van der Waals surface area contributed by atoms with E-state index in [1.54, 1.807) is 6.20 Å². The molecule has 0 aromatic rings. The highest BCUT2D eigenvalue weighted by Gasteiger charge is 1.96. The van der Waals surface area contributed by atoms with Gasteiger partial charge in [-0.3, -0.25) is 0 Å². The third kappa shape index (κ3) is 4.85. The van der Waals surface area contributed by atoms with E-state index < -0.39 is 0 Å². The molecule has 0 aromatic carbocycles. The molecule has 1 atom stereocenters. The Bertz CT molecular complexity index is 153. The van der Waals surface area contributed by atoms with Crippen LogP contribution in [0.5, 0.6) is 0 Å². The molecular formula is C8H18N4. The average molecular weight is 170 g/mol. The van der Waals surface area contributed by atoms with Crippen LogP contribution in [0.25, 0.3) is 0 Å². The zero-order valence-corrected chi connectivity index (χ0v) is 7.80. The van der Waals surface area contributed by atoms with Crippen LogP contribution in [-0.2, 0) is 0 Å². The van der Waals surface area contributed by atoms with Gasteiger partial charge in [0.1, 0.15) is 0 Å². The molecule has 0 bridgehead atoms. The van der Waals surface area contributed by atoms with Crippen LogP contribution in [-0.4, -0.2) is 12.6 Å². The van der Waals surface area contributed by atoms with Gasteiger partial charge >= 0.3 is 0 Å². The summed E-state index contributed by atoms with van der Waals surface area (Å²) in [5.41, 5.74) is 12.6. The maximum Gasteiger partial charge on any atom is 0.0915 e. The molecule has 0 amide bonds. The number of hydrogen-bond acceptors (Lipinski definition) is 4. The predicted molar refractivity (Wildman–Crippen MR) is 49.8 cm³/mol. The molecule has 70 valence electrons. The molecule has 0 aromatic heterocycles. The van der Waals surface area contributed by atoms with Crippen molar-refractivity contribution in [2.24, 2.45) is 10.8 Å². The van der Waals surface area contributed by atoms with Gasteiger partial charge in [-0.25, -0.2) is 5.53 Å². The summed E-state index contributed by atoms with van der Waals surface area (Å²) in [7, 11) is 0. The summed E-state index contributed by atoms with van der Waals surface area (Å²) in [6, 6.07) is 0.429. The van der Waals surface area contributed by atoms with Crippen LogP contribution in [0, 0.1) is 5.53 Å². The molecule has 0 aliphatic rings. The highest BCUT2D eigenvalue weighted by atomic mass is 15.0. The first-order valence-electron chi connectivity index (χ1n) is 4.27. The van der Waals surface area contributed by atoms with E-state index in [-0.39, 0.29) is 0 Å². The van der Waals surface area contributed by atoms with Crippen LogP contribution in [0.15, 0.2) is 17.0 Å². The third-order valence-electron chi connectivity index (χ3n) is 1.61. The SMILES string of the molecule is CCCC(C)N/C=C(/CN)N=N. The molecule has 0 heterocycles. The summed E-state index contributed by atoms with van der Waals surface area (Å²) >= 11 is 0. The minimum absolute atomic E-state index is 0.315. The second-order valence-corrected chi connectivity index (χ2v) is 2.81. The predicted octanol–water partition coefficient (Wildman–Crippen LogP) is 1.60. The first kappa shape index (κ1) is 11.1. The second-order valence-electron chi connectivity index (χ2n) is 2.81. The van der Waals surface area contributed by atoms with Gasteiger partial charge in [0.15, 0.2) is 0 Å². The Morgan fingerprint density at radius 3 is 2.83 bits per heavy atom. The minimum atomic E-state index is 0.315. The summed E-state index contributed by atoms with van der Waals surface area (Å²) in [6.07, 6.45) is 3.98. The number of nitrogens with zero attached hydrogens (tertiary/aromatic N) is 1. The zero-order chi connectivity index (χ0) is 9.40. The first-order valence-corrected chi connectivity index (χ1v) is 4.27. The third-order valence-corrected chi connectivity index (χ3v) is 1.61. The van der Waals surface area contributed by atoms with Crippen molar-refractivity contribution >= 4 is 0 Å². The molecule has 4 N–H and O–H groups in total. The van der Waals surface area contributed by atoms with Crippen molar-refractivity contribution in [3.63, 3.8) is 0 Å². The van der Waals surface area contributed by atoms with Crippen molar-refractivity contribution in [1.29, 1.82) is 5.53 Å². The van der Waals surface area contributed by atoms with E-state index in [0.717, 1.165) is 12.8 Å². The smallest absolute Gasteiger partial charge is 0.0915 e. The van der Waals surface area contributed by atoms with Gasteiger partial charge in [-0.1, -0.05) is 13.3 Å². The van der Waals surface area contributed by atoms with Crippen LogP contribution >= 0.6 is 0 Å². The fraction of sp³-hybridized carbons (Fsp3) is 0.750. The van der Waals surface area contributed by atoms with E-state index in [1.165, 1.54) is 0 Å². The van der Waals surface area contributed by atoms with E-state index >= 15 is 0 Å². The largest absolute Gasteiger partial charge is 0.387 e. The van der Waals surface area contributed by atoms with Gasteiger partial charge in [0.2, 0.25) is 0 Å². The molecule has 0 rings (SSSR count). The highest BCUT2D eigenvalue weighted by molar-refractivity contribution is 4.98. The Hall–Kier alpha value is -0.900. The monoisotopic (exact) mass is 170 g/mol. The van der Waals surface area contributed by atoms with Crippen molar-refractivity contribution in [1.82, 2.24) is 5.32 Å². The molecule has 0 spiro atoms. The standard InChI is InChI=1S/C8H18N4/c1-3-4-7(2)11-6-8(5-9)12-10/h6-7,10-11H,3-5,9H2,1-2H3/b8-6-,12-10?. The fourth-order valence-electron chi connectivity index (χ4n) is 0.892. The van der Waals surface area contributed by atoms with Crippen LogP contribution in [0.4, 0.5) is 0 Å². The Morgan fingerprint density at radius 2 is 2.42 bits per heavy atom. The van der Waals surface area contributed by atoms with Crippen molar-refractivity contribution in [2.45, 2.75) is 32.7 Å². The van der Waals surface area contributed by atoms with E-state index in [1.807, 2.05) is 0 Å². The van der Waals surface area contributed by atoms with Gasteiger partial charge in [0.25, 0.3) is 0 Å². The Labute approximate surface area is 73.7 Å². The van der Waals surface area contributed by atoms with E-state index in [0.29, 0.717) is 18.3 Å². The van der Waals surface area contributed by atoms with E-state index in [4.69, 9.17) is 11.3 Å². The van der Waals surface area contributed by atoms with Crippen molar-refractivity contribution < 1.29 is 0 Å². The topological polar surface area (TPSA) is 74.3 Å². The summed E-state index contributed by atoms with van der Waals surface area (Å²) in [4.78, 5) is 0. The minimum Gasteiger partial charge on any atom is -0.387 e. The fourth-order valence-corrected chi connectivity index (χ4v) is 0.892. The first-order chi connectivity index (χ1) is 5.74. The lowest BCUT2D eigenvalue weighted by molar-refractivity contribution is 0.575. The number of rotatable bonds is 6. The lowest BCUT2D eigenvalue weighted by atomic mass is 10.2. The maximum absolute atomic E-state index is 6.74. The number of nitrogens with two attached hydrogens (primary N) is 1. The Morgan fingerprint density at radius 1 is 1.75 bits per heavy atom. The number of hydrogen-bond donors (Lipinski definition) is 3. The van der Waals surface area contributed by atoms with Gasteiger partial charge in [-0.15, -0.1) is 0 Å². The van der Waals surface area contributed by atoms with Crippen LogP contribution < -0.4 is 11.1 Å². The van der Waals surface area contributed by atoms with Gasteiger partial charge in [0.05, 0.1) is 5.70 Å². The molecule has 0 saturated heterocycles. The van der Waals surface area contributed by atoms with Crippen LogP contribution in [0.3, 0.4) is 0 Å². The zero-order valence-electron chi connectivity index (χ0n) is 7.80. The van der Waals surface area contributed by atoms with Gasteiger partial charge in [-0.2, -0.15) is 5.11 Å². The molecule has 4 heteroatoms. The second kappa shape index (κ2) is 6.79. The molecule has 0 saturated carbocycles. The van der Waals surface area contributed by atoms with Gasteiger partial charge in [-0.05, 0) is 13.3 Å². The molecular weight excluding hydrogens is 152 g/mol. The van der Waals surface area contributed by atoms with Crippen LogP contribution in [0.1, 0.15) is 26.7 Å². The Kier molecular flexibility index (Phi) is 6.28. The maximum atomic E-state index is 6.74. The van der Waals surface area contributed by atoms with Crippen LogP contribution in [0.2, 0.25) is 0 Å². The summed E-state index contributed by atoms with van der Waals surface area (Å²) in [5, 5.41) is 6.39. The van der Waals surface area contributed by atoms with E-state index in [2.05, 4.69) is 24.3 Å². The molecule has 0 aliphatic heterocycles. The number of nitrogens with one attached hydrogen (secondary N) is 2. The normalized spacial score (nSPS) is 14.1. The van der Waals surface area contributed by atoms with Crippen molar-refractivity contribution in [3.8, 4) is 0 Å². The van der Waals surface area contributed by atoms with Gasteiger partial charge in [0, 0.05) is 18.8 Å². The average Bonchev–Trinajstić information content (AvgIpc) is 2.07. The molecule has 0 radical (unpaired) electrons. The lowest BCUT2D eigenvalue weighted by Gasteiger charge is -2.09. The molecule has 12 heavy (non-hydrogen) atoms. The molecule has 4 nitrogen and oxygen atoms in total. The molecule has 0 fully saturated rings. The summed E-state index contributed by atoms with van der Waals surface area (Å²) in [6.45, 7) is 4.55. The van der Waals surface area contributed by atoms with Crippen molar-refractivity contribution in [3.05, 3.63) is 11.9 Å². The lowest BCUT2D eigenvalue weighted by Crippen LogP contribution is -2.21.